The first-order valence-electron chi connectivity index (χ1n) is 8.21. The summed E-state index contributed by atoms with van der Waals surface area (Å²) in [5.41, 5.74) is 2.73. The zero-order valence-corrected chi connectivity index (χ0v) is 15.1. The number of methoxy groups -OCH3 is 1. The third-order valence-corrected chi connectivity index (χ3v) is 4.13. The number of nitrogens with zero attached hydrogens (tertiary/aromatic N) is 2. The molecule has 2 aromatic carbocycles. The quantitative estimate of drug-likeness (QED) is 0.712. The van der Waals surface area contributed by atoms with Gasteiger partial charge in [-0.1, -0.05) is 17.7 Å². The normalized spacial score (nSPS) is 11.0. The standard InChI is InChI=1S/C19H19F2N3O3/c1-11-4-6-14-13(8-11)17(23-22-14)18(25)24(2)10-12-5-7-15(26-3)16(9-12)27-19(20)21/h4-9,19H,10H2,1-3H3,(H,22,23). The summed E-state index contributed by atoms with van der Waals surface area (Å²) in [6.07, 6.45) is 0. The lowest BCUT2D eigenvalue weighted by Crippen LogP contribution is -2.26. The lowest BCUT2D eigenvalue weighted by atomic mass is 10.1. The summed E-state index contributed by atoms with van der Waals surface area (Å²) in [6.45, 7) is -0.832. The van der Waals surface area contributed by atoms with Crippen molar-refractivity contribution in [2.75, 3.05) is 14.2 Å². The fourth-order valence-electron chi connectivity index (χ4n) is 2.82. The largest absolute Gasteiger partial charge is 0.493 e. The molecule has 0 saturated heterocycles. The second-order valence-electron chi connectivity index (χ2n) is 6.15. The number of carbonyl (C=O) groups is 1. The molecule has 3 rings (SSSR count). The van der Waals surface area contributed by atoms with Crippen LogP contribution < -0.4 is 9.47 Å². The lowest BCUT2D eigenvalue weighted by Gasteiger charge is -2.18. The number of carbonyl (C=O) groups excluding carboxylic acids is 1. The molecule has 1 heterocycles. The van der Waals surface area contributed by atoms with Gasteiger partial charge in [0, 0.05) is 19.0 Å². The van der Waals surface area contributed by atoms with E-state index in [-0.39, 0.29) is 24.0 Å². The highest BCUT2D eigenvalue weighted by Gasteiger charge is 2.19. The molecular weight excluding hydrogens is 356 g/mol. The monoisotopic (exact) mass is 375 g/mol. The molecule has 0 aliphatic carbocycles. The van der Waals surface area contributed by atoms with Crippen molar-refractivity contribution in [2.45, 2.75) is 20.1 Å². The minimum absolute atomic E-state index is 0.0771. The van der Waals surface area contributed by atoms with Gasteiger partial charge in [0.2, 0.25) is 0 Å². The number of fused-ring (bicyclic) bond motifs is 1. The SMILES string of the molecule is COc1ccc(CN(C)C(=O)c2n[nH]c3ccc(C)cc23)cc1OC(F)F. The van der Waals surface area contributed by atoms with Crippen molar-refractivity contribution in [3.8, 4) is 11.5 Å². The topological polar surface area (TPSA) is 67.5 Å². The number of ether oxygens (including phenoxy) is 2. The molecule has 0 unspecified atom stereocenters. The fourth-order valence-corrected chi connectivity index (χ4v) is 2.82. The molecule has 0 aliphatic heterocycles. The summed E-state index contributed by atoms with van der Waals surface area (Å²) in [5.74, 6) is -0.160. The van der Waals surface area contributed by atoms with Crippen molar-refractivity contribution in [3.63, 3.8) is 0 Å². The Hall–Kier alpha value is -3.16. The van der Waals surface area contributed by atoms with Gasteiger partial charge in [-0.2, -0.15) is 13.9 Å². The van der Waals surface area contributed by atoms with Crippen LogP contribution in [0.3, 0.4) is 0 Å². The van der Waals surface area contributed by atoms with Gasteiger partial charge >= 0.3 is 6.61 Å². The molecule has 1 aromatic heterocycles. The van der Waals surface area contributed by atoms with Crippen LogP contribution in [0.1, 0.15) is 21.6 Å². The molecule has 142 valence electrons. The van der Waals surface area contributed by atoms with Crippen LogP contribution in [-0.4, -0.2) is 41.8 Å². The molecule has 6 nitrogen and oxygen atoms in total. The third-order valence-electron chi connectivity index (χ3n) is 4.13. The van der Waals surface area contributed by atoms with Gasteiger partial charge in [0.15, 0.2) is 17.2 Å². The predicted octanol–water partition coefficient (Wildman–Crippen LogP) is 3.75. The van der Waals surface area contributed by atoms with Crippen LogP contribution in [0, 0.1) is 6.92 Å². The van der Waals surface area contributed by atoms with E-state index in [0.29, 0.717) is 11.3 Å². The summed E-state index contributed by atoms with van der Waals surface area (Å²) < 4.78 is 34.6. The Labute approximate surface area is 154 Å². The van der Waals surface area contributed by atoms with Gasteiger partial charge in [0.25, 0.3) is 5.91 Å². The zero-order chi connectivity index (χ0) is 19.6. The van der Waals surface area contributed by atoms with Crippen LogP contribution in [0.15, 0.2) is 36.4 Å². The Morgan fingerprint density at radius 3 is 2.70 bits per heavy atom. The van der Waals surface area contributed by atoms with Crippen LogP contribution in [0.4, 0.5) is 8.78 Å². The Morgan fingerprint density at radius 1 is 1.22 bits per heavy atom. The number of halogens is 2. The molecule has 0 radical (unpaired) electrons. The molecule has 0 bridgehead atoms. The second kappa shape index (κ2) is 7.61. The summed E-state index contributed by atoms with van der Waals surface area (Å²) in [4.78, 5) is 14.3. The van der Waals surface area contributed by atoms with Crippen molar-refractivity contribution in [2.24, 2.45) is 0 Å². The minimum atomic E-state index is -2.97. The van der Waals surface area contributed by atoms with Gasteiger partial charge in [0.05, 0.1) is 12.6 Å². The molecule has 1 N–H and O–H groups in total. The maximum Gasteiger partial charge on any atom is 0.387 e. The van der Waals surface area contributed by atoms with E-state index in [9.17, 15) is 13.6 Å². The molecule has 0 spiro atoms. The molecule has 0 atom stereocenters. The zero-order valence-electron chi connectivity index (χ0n) is 15.1. The summed E-state index contributed by atoms with van der Waals surface area (Å²) >= 11 is 0. The highest BCUT2D eigenvalue weighted by Crippen LogP contribution is 2.30. The van der Waals surface area contributed by atoms with E-state index in [4.69, 9.17) is 4.74 Å². The minimum Gasteiger partial charge on any atom is -0.493 e. The number of benzene rings is 2. The Balaban J connectivity index is 1.82. The van der Waals surface area contributed by atoms with Gasteiger partial charge in [-0.3, -0.25) is 9.89 Å². The number of amides is 1. The van der Waals surface area contributed by atoms with Crippen LogP contribution in [0.2, 0.25) is 0 Å². The van der Waals surface area contributed by atoms with Gasteiger partial charge < -0.3 is 14.4 Å². The predicted molar refractivity (Wildman–Crippen MR) is 96.3 cm³/mol. The molecule has 1 amide bonds. The van der Waals surface area contributed by atoms with E-state index in [1.165, 1.54) is 24.1 Å². The number of rotatable bonds is 6. The smallest absolute Gasteiger partial charge is 0.387 e. The van der Waals surface area contributed by atoms with Crippen LogP contribution in [0.5, 0.6) is 11.5 Å². The third kappa shape index (κ3) is 3.99. The van der Waals surface area contributed by atoms with E-state index in [1.54, 1.807) is 13.1 Å². The number of H-pyrrole nitrogens is 1. The van der Waals surface area contributed by atoms with Crippen molar-refractivity contribution in [3.05, 3.63) is 53.2 Å². The first kappa shape index (κ1) is 18.6. The number of aromatic amines is 1. The number of aromatic nitrogens is 2. The first-order valence-corrected chi connectivity index (χ1v) is 8.21. The molecule has 0 fully saturated rings. The molecule has 8 heteroatoms. The molecular formula is C19H19F2N3O3. The fraction of sp³-hybridized carbons (Fsp3) is 0.263. The average molecular weight is 375 g/mol. The highest BCUT2D eigenvalue weighted by atomic mass is 19.3. The van der Waals surface area contributed by atoms with Crippen molar-refractivity contribution >= 4 is 16.8 Å². The Morgan fingerprint density at radius 2 is 2.00 bits per heavy atom. The molecule has 3 aromatic rings. The number of hydrogen-bond acceptors (Lipinski definition) is 4. The van der Waals surface area contributed by atoms with E-state index < -0.39 is 6.61 Å². The molecule has 0 aliphatic rings. The van der Waals surface area contributed by atoms with Crippen LogP contribution >= 0.6 is 0 Å². The van der Waals surface area contributed by atoms with Crippen molar-refractivity contribution < 1.29 is 23.0 Å². The summed E-state index contributed by atoms with van der Waals surface area (Å²) in [7, 11) is 2.99. The van der Waals surface area contributed by atoms with E-state index in [0.717, 1.165) is 16.5 Å². The average Bonchev–Trinajstić information content (AvgIpc) is 3.03. The lowest BCUT2D eigenvalue weighted by molar-refractivity contribution is -0.0512. The van der Waals surface area contributed by atoms with Crippen LogP contribution in [0.25, 0.3) is 10.9 Å². The van der Waals surface area contributed by atoms with Gasteiger partial charge in [-0.25, -0.2) is 0 Å². The maximum absolute atomic E-state index is 12.8. The molecule has 0 saturated carbocycles. The maximum atomic E-state index is 12.8. The second-order valence-corrected chi connectivity index (χ2v) is 6.15. The number of aryl methyl sites for hydroxylation is 1. The van der Waals surface area contributed by atoms with Crippen molar-refractivity contribution in [1.29, 1.82) is 0 Å². The van der Waals surface area contributed by atoms with Gasteiger partial charge in [-0.15, -0.1) is 0 Å². The van der Waals surface area contributed by atoms with E-state index in [2.05, 4.69) is 14.9 Å². The van der Waals surface area contributed by atoms with Gasteiger partial charge in [0.1, 0.15) is 0 Å². The first-order chi connectivity index (χ1) is 12.9. The summed E-state index contributed by atoms with van der Waals surface area (Å²) in [6, 6.07) is 10.3. The van der Waals surface area contributed by atoms with E-state index >= 15 is 0 Å². The number of hydrogen-bond donors (Lipinski definition) is 1. The van der Waals surface area contributed by atoms with Gasteiger partial charge in [-0.05, 0) is 36.8 Å². The van der Waals surface area contributed by atoms with Crippen molar-refractivity contribution in [1.82, 2.24) is 15.1 Å². The highest BCUT2D eigenvalue weighted by molar-refractivity contribution is 6.04. The number of alkyl halides is 2. The molecule has 27 heavy (non-hydrogen) atoms. The summed E-state index contributed by atoms with van der Waals surface area (Å²) in [5, 5.41) is 7.71. The van der Waals surface area contributed by atoms with Crippen LogP contribution in [-0.2, 0) is 6.54 Å². The Bertz CT molecular complexity index is 972. The van der Waals surface area contributed by atoms with E-state index in [1.807, 2.05) is 25.1 Å². The number of nitrogens with one attached hydrogen (secondary N) is 1. The Kier molecular flexibility index (Phi) is 5.25.